The molecule has 1 amide bonds. The summed E-state index contributed by atoms with van der Waals surface area (Å²) in [7, 11) is 0. The molecule has 0 saturated heterocycles. The molecule has 0 fully saturated rings. The van der Waals surface area contributed by atoms with Crippen molar-refractivity contribution in [3.8, 4) is 23.0 Å². The number of ether oxygens (including phenoxy) is 1. The molecule has 5 nitrogen and oxygen atoms in total. The highest BCUT2D eigenvalue weighted by Crippen LogP contribution is 2.44. The molecule has 0 radical (unpaired) electrons. The molecule has 1 aromatic heterocycles. The number of pyridine rings is 1. The molecule has 3 aromatic rings. The van der Waals surface area contributed by atoms with Crippen LogP contribution in [-0.4, -0.2) is 24.2 Å². The minimum Gasteiger partial charge on any atom is -0.449 e. The Kier molecular flexibility index (Phi) is 5.17. The number of carbonyl (C=O) groups is 1. The Hall–Kier alpha value is -3.78. The van der Waals surface area contributed by atoms with Crippen molar-refractivity contribution < 1.29 is 9.53 Å². The van der Waals surface area contributed by atoms with Gasteiger partial charge in [0.15, 0.2) is 0 Å². The molecule has 1 aliphatic rings. The molecule has 0 aliphatic heterocycles. The van der Waals surface area contributed by atoms with Crippen molar-refractivity contribution >= 4 is 6.09 Å². The van der Waals surface area contributed by atoms with Crippen LogP contribution in [0.3, 0.4) is 0 Å². The van der Waals surface area contributed by atoms with E-state index in [0.29, 0.717) is 11.1 Å². The number of H-pyrrole nitrogens is 1. The number of carbonyl (C=O) groups excluding carboxylic acids is 1. The van der Waals surface area contributed by atoms with E-state index >= 15 is 0 Å². The van der Waals surface area contributed by atoms with Crippen LogP contribution < -0.4 is 10.9 Å². The number of amides is 1. The van der Waals surface area contributed by atoms with Gasteiger partial charge in [0.2, 0.25) is 0 Å². The molecule has 29 heavy (non-hydrogen) atoms. The third-order valence-corrected chi connectivity index (χ3v) is 4.99. The first-order chi connectivity index (χ1) is 14.1. The Labute approximate surface area is 168 Å². The Morgan fingerprint density at radius 2 is 1.76 bits per heavy atom. The van der Waals surface area contributed by atoms with Crippen molar-refractivity contribution in [1.29, 1.82) is 0 Å². The predicted molar refractivity (Wildman–Crippen MR) is 112 cm³/mol. The lowest BCUT2D eigenvalue weighted by molar-refractivity contribution is 0.144. The van der Waals surface area contributed by atoms with Gasteiger partial charge in [-0.25, -0.2) is 4.79 Å². The smallest absolute Gasteiger partial charge is 0.407 e. The lowest BCUT2D eigenvalue weighted by atomic mass is 9.98. The van der Waals surface area contributed by atoms with Gasteiger partial charge in [-0.3, -0.25) is 4.79 Å². The summed E-state index contributed by atoms with van der Waals surface area (Å²) in [6.07, 6.45) is 1.05. The molecule has 5 heteroatoms. The summed E-state index contributed by atoms with van der Waals surface area (Å²) in [4.78, 5) is 26.0. The lowest BCUT2D eigenvalue weighted by Crippen LogP contribution is -2.26. The number of hydrogen-bond acceptors (Lipinski definition) is 3. The molecule has 0 atom stereocenters. The molecular weight excluding hydrogens is 364 g/mol. The third-order valence-electron chi connectivity index (χ3n) is 4.99. The normalized spacial score (nSPS) is 11.8. The lowest BCUT2D eigenvalue weighted by Gasteiger charge is -2.14. The second kappa shape index (κ2) is 8.07. The van der Waals surface area contributed by atoms with Crippen molar-refractivity contribution in [1.82, 2.24) is 10.3 Å². The monoisotopic (exact) mass is 384 g/mol. The summed E-state index contributed by atoms with van der Waals surface area (Å²) >= 11 is 0. The van der Waals surface area contributed by atoms with Gasteiger partial charge in [0.1, 0.15) is 6.61 Å². The molecule has 2 N–H and O–H groups in total. The Balaban J connectivity index is 1.35. The highest BCUT2D eigenvalue weighted by molar-refractivity contribution is 5.79. The van der Waals surface area contributed by atoms with Crippen LogP contribution in [0.15, 0.2) is 65.6 Å². The maximum atomic E-state index is 12.1. The van der Waals surface area contributed by atoms with Crippen LogP contribution in [0, 0.1) is 18.8 Å². The van der Waals surface area contributed by atoms with E-state index in [1.165, 1.54) is 22.3 Å². The van der Waals surface area contributed by atoms with Gasteiger partial charge in [-0.2, -0.15) is 0 Å². The third kappa shape index (κ3) is 3.92. The summed E-state index contributed by atoms with van der Waals surface area (Å²) < 4.78 is 5.46. The van der Waals surface area contributed by atoms with Gasteiger partial charge in [0.25, 0.3) is 5.56 Å². The highest BCUT2D eigenvalue weighted by Gasteiger charge is 2.28. The Morgan fingerprint density at radius 1 is 1.10 bits per heavy atom. The fraction of sp³-hybridized carbons (Fsp3) is 0.167. The summed E-state index contributed by atoms with van der Waals surface area (Å²) in [5.74, 6) is 5.79. The zero-order valence-electron chi connectivity index (χ0n) is 16.0. The average molecular weight is 384 g/mol. The van der Waals surface area contributed by atoms with Crippen molar-refractivity contribution in [2.45, 2.75) is 12.8 Å². The number of hydrogen-bond donors (Lipinski definition) is 2. The molecule has 4 rings (SSSR count). The van der Waals surface area contributed by atoms with Gasteiger partial charge in [-0.05, 0) is 35.2 Å². The second-order valence-corrected chi connectivity index (χ2v) is 6.88. The van der Waals surface area contributed by atoms with Crippen LogP contribution in [-0.2, 0) is 4.74 Å². The summed E-state index contributed by atoms with van der Waals surface area (Å²) in [6, 6.07) is 18.1. The van der Waals surface area contributed by atoms with Gasteiger partial charge in [0, 0.05) is 23.2 Å². The summed E-state index contributed by atoms with van der Waals surface area (Å²) in [5, 5.41) is 2.64. The molecule has 0 unspecified atom stereocenters. The molecule has 2 aromatic carbocycles. The van der Waals surface area contributed by atoms with E-state index in [0.717, 1.165) is 0 Å². The van der Waals surface area contributed by atoms with Crippen molar-refractivity contribution in [3.63, 3.8) is 0 Å². The largest absolute Gasteiger partial charge is 0.449 e. The molecule has 0 saturated carbocycles. The number of aromatic nitrogens is 1. The molecule has 144 valence electrons. The number of nitrogens with one attached hydrogen (secondary N) is 2. The van der Waals surface area contributed by atoms with E-state index in [1.54, 1.807) is 19.2 Å². The quantitative estimate of drug-likeness (QED) is 0.678. The van der Waals surface area contributed by atoms with Crippen molar-refractivity contribution in [3.05, 3.63) is 93.4 Å². The van der Waals surface area contributed by atoms with E-state index in [4.69, 9.17) is 4.74 Å². The SMILES string of the molecule is Cc1cc(C#CCNC(=O)OCC2c3ccccc3-c3ccccc32)c[nH]c1=O. The topological polar surface area (TPSA) is 71.2 Å². The van der Waals surface area contributed by atoms with Crippen LogP contribution >= 0.6 is 0 Å². The molecular formula is C24H20N2O3. The molecule has 0 bridgehead atoms. The highest BCUT2D eigenvalue weighted by atomic mass is 16.5. The van der Waals surface area contributed by atoms with Gasteiger partial charge in [0.05, 0.1) is 6.54 Å². The number of alkyl carbamates (subject to hydrolysis) is 1. The van der Waals surface area contributed by atoms with E-state index in [2.05, 4.69) is 46.4 Å². The fourth-order valence-corrected chi connectivity index (χ4v) is 3.58. The number of aryl methyl sites for hydroxylation is 1. The number of rotatable bonds is 3. The summed E-state index contributed by atoms with van der Waals surface area (Å²) in [5.41, 5.74) is 5.90. The van der Waals surface area contributed by atoms with Crippen LogP contribution in [0.5, 0.6) is 0 Å². The van der Waals surface area contributed by atoms with Crippen LogP contribution in [0.1, 0.15) is 28.2 Å². The fourth-order valence-electron chi connectivity index (χ4n) is 3.58. The van der Waals surface area contributed by atoms with Crippen LogP contribution in [0.25, 0.3) is 11.1 Å². The van der Waals surface area contributed by atoms with E-state index in [1.807, 2.05) is 24.3 Å². The van der Waals surface area contributed by atoms with Gasteiger partial charge >= 0.3 is 6.09 Å². The zero-order valence-corrected chi connectivity index (χ0v) is 16.0. The van der Waals surface area contributed by atoms with Crippen LogP contribution in [0.4, 0.5) is 4.79 Å². The first-order valence-electron chi connectivity index (χ1n) is 9.40. The van der Waals surface area contributed by atoms with Crippen molar-refractivity contribution in [2.75, 3.05) is 13.2 Å². The number of aromatic amines is 1. The average Bonchev–Trinajstić information content (AvgIpc) is 3.06. The van der Waals surface area contributed by atoms with E-state index in [-0.39, 0.29) is 24.6 Å². The minimum atomic E-state index is -0.501. The van der Waals surface area contributed by atoms with Crippen LogP contribution in [0.2, 0.25) is 0 Å². The Bertz CT molecular complexity index is 1140. The van der Waals surface area contributed by atoms with E-state index < -0.39 is 6.09 Å². The number of fused-ring (bicyclic) bond motifs is 3. The summed E-state index contributed by atoms with van der Waals surface area (Å²) in [6.45, 7) is 2.15. The van der Waals surface area contributed by atoms with Gasteiger partial charge < -0.3 is 15.0 Å². The molecule has 1 heterocycles. The second-order valence-electron chi connectivity index (χ2n) is 6.88. The van der Waals surface area contributed by atoms with E-state index in [9.17, 15) is 9.59 Å². The number of benzene rings is 2. The minimum absolute atomic E-state index is 0.0309. The standard InChI is InChI=1S/C24H20N2O3/c1-16-13-17(14-26-23(16)27)7-6-12-25-24(28)29-15-22-20-10-4-2-8-18(20)19-9-3-5-11-21(19)22/h2-5,8-11,13-14,22H,12,15H2,1H3,(H,25,28)(H,26,27). The maximum absolute atomic E-state index is 12.1. The first kappa shape index (κ1) is 18.6. The van der Waals surface area contributed by atoms with Gasteiger partial charge in [-0.1, -0.05) is 60.4 Å². The van der Waals surface area contributed by atoms with Crippen molar-refractivity contribution in [2.24, 2.45) is 0 Å². The molecule has 1 aliphatic carbocycles. The Morgan fingerprint density at radius 3 is 2.41 bits per heavy atom. The maximum Gasteiger partial charge on any atom is 0.407 e. The molecule has 0 spiro atoms. The van der Waals surface area contributed by atoms with Gasteiger partial charge in [-0.15, -0.1) is 0 Å². The predicted octanol–water partition coefficient (Wildman–Crippen LogP) is 3.57. The zero-order chi connectivity index (χ0) is 20.2. The first-order valence-corrected chi connectivity index (χ1v) is 9.40.